The molecule has 10 nitrogen and oxygen atoms in total. The summed E-state index contributed by atoms with van der Waals surface area (Å²) in [4.78, 5) is 43.2. The lowest BCUT2D eigenvalue weighted by Crippen LogP contribution is -2.39. The van der Waals surface area contributed by atoms with E-state index < -0.39 is 16.9 Å². The summed E-state index contributed by atoms with van der Waals surface area (Å²) in [5.41, 5.74) is 2.31. The summed E-state index contributed by atoms with van der Waals surface area (Å²) >= 11 is 8.38. The summed E-state index contributed by atoms with van der Waals surface area (Å²) in [6.45, 7) is 3.88. The van der Waals surface area contributed by atoms with Crippen molar-refractivity contribution in [2.24, 2.45) is 4.99 Å². The molecule has 2 aromatic heterocycles. The van der Waals surface area contributed by atoms with Crippen molar-refractivity contribution in [3.05, 3.63) is 146 Å². The number of allylic oxidation sites excluding steroid dienone is 1. The molecule has 0 radical (unpaired) electrons. The highest BCUT2D eigenvalue weighted by Crippen LogP contribution is 2.37. The van der Waals surface area contributed by atoms with Crippen LogP contribution in [0.2, 0.25) is 0 Å². The van der Waals surface area contributed by atoms with E-state index >= 15 is 0 Å². The maximum Gasteiger partial charge on any atom is 0.338 e. The SMILES string of the molecule is CCOC(=O)C1=C(C)N=c2s/c(=C\c3cc(Br)c(OCc4ccccc4)c(Br)c3)c(=O)n2[C@@H]1c1ccc(-c2cccc([N+](=O)[O-])c2)o1. The van der Waals surface area contributed by atoms with Crippen LogP contribution in [0.1, 0.15) is 36.8 Å². The molecule has 0 amide bonds. The molecule has 0 N–H and O–H groups in total. The number of furan rings is 1. The fourth-order valence-corrected chi connectivity index (χ4v) is 7.67. The molecule has 6 rings (SSSR count). The molecule has 0 spiro atoms. The summed E-state index contributed by atoms with van der Waals surface area (Å²) in [6, 6.07) is 21.9. The Morgan fingerprint density at radius 1 is 1.09 bits per heavy atom. The number of benzene rings is 3. The zero-order valence-electron chi connectivity index (χ0n) is 24.9. The van der Waals surface area contributed by atoms with Crippen molar-refractivity contribution in [1.82, 2.24) is 4.57 Å². The molecule has 13 heteroatoms. The van der Waals surface area contributed by atoms with Gasteiger partial charge in [-0.1, -0.05) is 53.8 Å². The molecule has 1 aliphatic heterocycles. The molecule has 1 aliphatic rings. The second kappa shape index (κ2) is 13.6. The van der Waals surface area contributed by atoms with Gasteiger partial charge in [0, 0.05) is 17.7 Å². The first-order valence-corrected chi connectivity index (χ1v) is 16.7. The zero-order chi connectivity index (χ0) is 33.2. The second-order valence-electron chi connectivity index (χ2n) is 10.4. The van der Waals surface area contributed by atoms with Gasteiger partial charge in [0.05, 0.1) is 36.3 Å². The van der Waals surface area contributed by atoms with E-state index in [2.05, 4.69) is 36.9 Å². The van der Waals surface area contributed by atoms with Gasteiger partial charge in [-0.2, -0.15) is 0 Å². The Balaban J connectivity index is 1.41. The monoisotopic (exact) mass is 777 g/mol. The van der Waals surface area contributed by atoms with Gasteiger partial charge in [0.15, 0.2) is 4.80 Å². The third-order valence-electron chi connectivity index (χ3n) is 7.30. The molecular formula is C34H25Br2N3O7S. The number of esters is 1. The first kappa shape index (κ1) is 32.4. The van der Waals surface area contributed by atoms with Crippen LogP contribution in [0.15, 0.2) is 113 Å². The van der Waals surface area contributed by atoms with E-state index in [-0.39, 0.29) is 29.2 Å². The van der Waals surface area contributed by atoms with E-state index in [4.69, 9.17) is 13.9 Å². The minimum atomic E-state index is -0.980. The third-order valence-corrected chi connectivity index (χ3v) is 9.46. The number of carbonyl (C=O) groups excluding carboxylic acids is 1. The zero-order valence-corrected chi connectivity index (χ0v) is 28.9. The van der Waals surface area contributed by atoms with Crippen LogP contribution in [-0.2, 0) is 16.1 Å². The van der Waals surface area contributed by atoms with Crippen molar-refractivity contribution >= 4 is 60.9 Å². The van der Waals surface area contributed by atoms with Gasteiger partial charge in [0.25, 0.3) is 11.2 Å². The third kappa shape index (κ3) is 6.64. The van der Waals surface area contributed by atoms with Crippen molar-refractivity contribution in [1.29, 1.82) is 0 Å². The average molecular weight is 779 g/mol. The number of carbonyl (C=O) groups is 1. The van der Waals surface area contributed by atoms with Gasteiger partial charge in [-0.15, -0.1) is 0 Å². The van der Waals surface area contributed by atoms with Crippen molar-refractivity contribution in [2.75, 3.05) is 6.61 Å². The van der Waals surface area contributed by atoms with E-state index in [1.165, 1.54) is 28.0 Å². The predicted octanol–water partition coefficient (Wildman–Crippen LogP) is 7.07. The van der Waals surface area contributed by atoms with Gasteiger partial charge in [0.2, 0.25) is 0 Å². The van der Waals surface area contributed by atoms with Crippen LogP contribution in [0.3, 0.4) is 0 Å². The topological polar surface area (TPSA) is 126 Å². The van der Waals surface area contributed by atoms with Crippen molar-refractivity contribution in [3.63, 3.8) is 0 Å². The van der Waals surface area contributed by atoms with Gasteiger partial charge < -0.3 is 13.9 Å². The molecule has 5 aromatic rings. The fraction of sp³-hybridized carbons (Fsp3) is 0.147. The first-order valence-electron chi connectivity index (χ1n) is 14.3. The number of non-ortho nitro benzene ring substituents is 1. The molecule has 0 saturated carbocycles. The smallest absolute Gasteiger partial charge is 0.338 e. The van der Waals surface area contributed by atoms with E-state index in [0.29, 0.717) is 47.7 Å². The number of nitrogens with zero attached hydrogens (tertiary/aromatic N) is 3. The normalized spacial score (nSPS) is 14.5. The number of ether oxygens (including phenoxy) is 2. The fourth-order valence-electron chi connectivity index (χ4n) is 5.17. The maximum absolute atomic E-state index is 14.1. The molecule has 0 fully saturated rings. The average Bonchev–Trinajstić information content (AvgIpc) is 3.65. The lowest BCUT2D eigenvalue weighted by atomic mass is 10.0. The Kier molecular flexibility index (Phi) is 9.39. The molecule has 3 aromatic carbocycles. The van der Waals surface area contributed by atoms with E-state index in [1.54, 1.807) is 44.2 Å². The van der Waals surface area contributed by atoms with E-state index in [9.17, 15) is 19.7 Å². The van der Waals surface area contributed by atoms with Gasteiger partial charge in [-0.25, -0.2) is 9.79 Å². The number of nitro benzene ring substituents is 1. The molecule has 1 atom stereocenters. The summed E-state index contributed by atoms with van der Waals surface area (Å²) in [5, 5.41) is 11.4. The van der Waals surface area contributed by atoms with Crippen LogP contribution < -0.4 is 19.6 Å². The standard InChI is InChI=1S/C34H25Br2N3O7S/c1-3-44-33(41)29-19(2)37-34-38(30(29)27-13-12-26(46-27)22-10-7-11-23(17-22)39(42)43)32(40)28(47-34)16-21-14-24(35)31(25(36)15-21)45-18-20-8-5-4-6-9-20/h4-17,30H,3,18H2,1-2H3/b28-16-/t30-/m1/s1. The van der Waals surface area contributed by atoms with Crippen molar-refractivity contribution in [2.45, 2.75) is 26.5 Å². The largest absolute Gasteiger partial charge is 0.487 e. The Hall–Kier alpha value is -4.59. The number of thiazole rings is 1. The van der Waals surface area contributed by atoms with Gasteiger partial charge in [-0.3, -0.25) is 19.5 Å². The number of halogens is 2. The first-order chi connectivity index (χ1) is 22.6. The highest BCUT2D eigenvalue weighted by molar-refractivity contribution is 9.11. The number of aromatic nitrogens is 1. The lowest BCUT2D eigenvalue weighted by Gasteiger charge is -2.22. The van der Waals surface area contributed by atoms with E-state index in [1.807, 2.05) is 42.5 Å². The Labute approximate surface area is 288 Å². The van der Waals surface area contributed by atoms with Crippen LogP contribution in [0.25, 0.3) is 17.4 Å². The number of nitro groups is 1. The van der Waals surface area contributed by atoms with Crippen molar-refractivity contribution < 1.29 is 23.6 Å². The van der Waals surface area contributed by atoms with Crippen molar-refractivity contribution in [3.8, 4) is 17.1 Å². The predicted molar refractivity (Wildman–Crippen MR) is 184 cm³/mol. The molecule has 0 saturated heterocycles. The van der Waals surface area contributed by atoms with Gasteiger partial charge in [0.1, 0.15) is 29.9 Å². The minimum Gasteiger partial charge on any atom is -0.487 e. The number of fused-ring (bicyclic) bond motifs is 1. The summed E-state index contributed by atoms with van der Waals surface area (Å²) in [7, 11) is 0. The number of hydrogen-bond donors (Lipinski definition) is 0. The molecule has 0 bridgehead atoms. The highest BCUT2D eigenvalue weighted by Gasteiger charge is 2.35. The van der Waals surface area contributed by atoms with Gasteiger partial charge >= 0.3 is 5.97 Å². The minimum absolute atomic E-state index is 0.0922. The Bertz CT molecular complexity index is 2220. The second-order valence-corrected chi connectivity index (χ2v) is 13.1. The lowest BCUT2D eigenvalue weighted by molar-refractivity contribution is -0.384. The summed E-state index contributed by atoms with van der Waals surface area (Å²) in [5.74, 6) is 0.620. The van der Waals surface area contributed by atoms with E-state index in [0.717, 1.165) is 11.1 Å². The molecule has 238 valence electrons. The van der Waals surface area contributed by atoms with Crippen LogP contribution in [-0.4, -0.2) is 22.1 Å². The van der Waals surface area contributed by atoms with Crippen LogP contribution in [0.4, 0.5) is 5.69 Å². The molecule has 0 aliphatic carbocycles. The quantitative estimate of drug-likeness (QED) is 0.0891. The van der Waals surface area contributed by atoms with Crippen LogP contribution in [0, 0.1) is 10.1 Å². The Morgan fingerprint density at radius 2 is 1.83 bits per heavy atom. The number of hydrogen-bond acceptors (Lipinski definition) is 9. The molecular weight excluding hydrogens is 754 g/mol. The van der Waals surface area contributed by atoms with Crippen LogP contribution >= 0.6 is 43.2 Å². The molecule has 0 unspecified atom stereocenters. The van der Waals surface area contributed by atoms with Gasteiger partial charge in [-0.05, 0) is 87.2 Å². The summed E-state index contributed by atoms with van der Waals surface area (Å²) < 4.78 is 20.8. The van der Waals surface area contributed by atoms with Crippen LogP contribution in [0.5, 0.6) is 5.75 Å². The maximum atomic E-state index is 14.1. The Morgan fingerprint density at radius 3 is 2.53 bits per heavy atom. The highest BCUT2D eigenvalue weighted by atomic mass is 79.9. The summed E-state index contributed by atoms with van der Waals surface area (Å²) in [6.07, 6.45) is 1.75. The molecule has 3 heterocycles. The molecule has 47 heavy (non-hydrogen) atoms. The number of rotatable bonds is 9.